The molecule has 90 valence electrons. The zero-order chi connectivity index (χ0) is 12.6. The highest BCUT2D eigenvalue weighted by Crippen LogP contribution is 2.31. The minimum atomic E-state index is -2.65. The quantitative estimate of drug-likeness (QED) is 0.878. The summed E-state index contributed by atoms with van der Waals surface area (Å²) in [6, 6.07) is 3.15. The summed E-state index contributed by atoms with van der Waals surface area (Å²) in [6.45, 7) is 0. The summed E-state index contributed by atoms with van der Waals surface area (Å²) in [5, 5.41) is 3.85. The fourth-order valence-electron chi connectivity index (χ4n) is 1.54. The van der Waals surface area contributed by atoms with Crippen molar-refractivity contribution in [1.29, 1.82) is 0 Å². The Morgan fingerprint density at radius 2 is 2.00 bits per heavy atom. The molecule has 3 nitrogen and oxygen atoms in total. The van der Waals surface area contributed by atoms with E-state index in [1.54, 1.807) is 7.05 Å². The average Bonchev–Trinajstić information content (AvgIpc) is 2.60. The summed E-state index contributed by atoms with van der Waals surface area (Å²) < 4.78 is 40.0. The lowest BCUT2D eigenvalue weighted by atomic mass is 10.0. The maximum absolute atomic E-state index is 13.6. The Labute approximate surface area is 95.7 Å². The van der Waals surface area contributed by atoms with Gasteiger partial charge in [-0.3, -0.25) is 4.68 Å². The van der Waals surface area contributed by atoms with Gasteiger partial charge in [0, 0.05) is 23.7 Å². The Balaban J connectivity index is 2.58. The highest BCUT2D eigenvalue weighted by molar-refractivity contribution is 5.74. The van der Waals surface area contributed by atoms with E-state index in [4.69, 9.17) is 5.73 Å². The number of halogens is 3. The topological polar surface area (TPSA) is 43.8 Å². The second-order valence-corrected chi connectivity index (χ2v) is 3.61. The molecule has 0 aliphatic rings. The van der Waals surface area contributed by atoms with Crippen LogP contribution >= 0.6 is 0 Å². The van der Waals surface area contributed by atoms with Crippen LogP contribution in [-0.2, 0) is 7.05 Å². The number of anilines is 1. The average molecular weight is 241 g/mol. The van der Waals surface area contributed by atoms with E-state index >= 15 is 0 Å². The van der Waals surface area contributed by atoms with Crippen molar-refractivity contribution in [2.45, 2.75) is 6.43 Å². The third kappa shape index (κ3) is 1.98. The molecular weight excluding hydrogens is 231 g/mol. The molecular formula is C11H10F3N3. The molecule has 0 saturated carbocycles. The van der Waals surface area contributed by atoms with Crippen molar-refractivity contribution in [2.24, 2.45) is 7.05 Å². The fourth-order valence-corrected chi connectivity index (χ4v) is 1.54. The first-order valence-electron chi connectivity index (χ1n) is 4.86. The predicted octanol–water partition coefficient (Wildman–Crippen LogP) is 2.75. The van der Waals surface area contributed by atoms with Crippen LogP contribution in [0.25, 0.3) is 11.1 Å². The van der Waals surface area contributed by atoms with Crippen LogP contribution in [0.15, 0.2) is 24.4 Å². The molecule has 1 heterocycles. The van der Waals surface area contributed by atoms with E-state index in [2.05, 4.69) is 5.10 Å². The number of aromatic nitrogens is 2. The van der Waals surface area contributed by atoms with Gasteiger partial charge in [-0.2, -0.15) is 5.10 Å². The number of nitrogens with zero attached hydrogens (tertiary/aromatic N) is 2. The lowest BCUT2D eigenvalue weighted by Crippen LogP contribution is -1.99. The molecule has 0 atom stereocenters. The van der Waals surface area contributed by atoms with E-state index in [1.165, 1.54) is 10.9 Å². The Morgan fingerprint density at radius 3 is 2.53 bits per heavy atom. The van der Waals surface area contributed by atoms with Gasteiger partial charge in [0.15, 0.2) is 0 Å². The molecule has 1 aromatic carbocycles. The zero-order valence-corrected chi connectivity index (χ0v) is 8.99. The first kappa shape index (κ1) is 11.5. The third-order valence-corrected chi connectivity index (χ3v) is 2.52. The largest absolute Gasteiger partial charge is 0.383 e. The van der Waals surface area contributed by atoms with Crippen molar-refractivity contribution in [3.05, 3.63) is 35.8 Å². The standard InChI is InChI=1S/C11H10F3N3/c1-17-11(15)8(5-16-17)7-4-6(10(13)14)2-3-9(7)12/h2-5,10H,15H2,1H3. The number of rotatable bonds is 2. The molecule has 0 fully saturated rings. The second kappa shape index (κ2) is 4.12. The Morgan fingerprint density at radius 1 is 1.29 bits per heavy atom. The van der Waals surface area contributed by atoms with Crippen LogP contribution in [0, 0.1) is 5.82 Å². The Hall–Kier alpha value is -1.98. The first-order chi connectivity index (χ1) is 8.00. The molecule has 0 spiro atoms. The number of hydrogen-bond acceptors (Lipinski definition) is 2. The minimum Gasteiger partial charge on any atom is -0.383 e. The molecule has 0 amide bonds. The van der Waals surface area contributed by atoms with E-state index in [0.29, 0.717) is 5.56 Å². The molecule has 2 aromatic rings. The van der Waals surface area contributed by atoms with Crippen LogP contribution < -0.4 is 5.73 Å². The summed E-state index contributed by atoms with van der Waals surface area (Å²) in [5.74, 6) is -0.371. The van der Waals surface area contributed by atoms with Gasteiger partial charge < -0.3 is 5.73 Å². The summed E-state index contributed by atoms with van der Waals surface area (Å²) in [5.41, 5.74) is 5.78. The summed E-state index contributed by atoms with van der Waals surface area (Å²) in [4.78, 5) is 0. The van der Waals surface area contributed by atoms with Gasteiger partial charge in [-0.1, -0.05) is 6.07 Å². The van der Waals surface area contributed by atoms with E-state index < -0.39 is 12.2 Å². The minimum absolute atomic E-state index is 0.0356. The first-order valence-corrected chi connectivity index (χ1v) is 4.86. The van der Waals surface area contributed by atoms with Crippen molar-refractivity contribution in [2.75, 3.05) is 5.73 Å². The lowest BCUT2D eigenvalue weighted by Gasteiger charge is -2.06. The number of nitrogen functional groups attached to an aromatic ring is 1. The summed E-state index contributed by atoms with van der Waals surface area (Å²) in [7, 11) is 1.59. The molecule has 0 aliphatic heterocycles. The van der Waals surface area contributed by atoms with Gasteiger partial charge in [-0.15, -0.1) is 0 Å². The van der Waals surface area contributed by atoms with Gasteiger partial charge in [0.05, 0.1) is 6.20 Å². The van der Waals surface area contributed by atoms with E-state index in [9.17, 15) is 13.2 Å². The maximum Gasteiger partial charge on any atom is 0.263 e. The predicted molar refractivity (Wildman–Crippen MR) is 58.0 cm³/mol. The number of benzene rings is 1. The molecule has 1 aromatic heterocycles. The molecule has 0 radical (unpaired) electrons. The summed E-state index contributed by atoms with van der Waals surface area (Å²) >= 11 is 0. The molecule has 0 bridgehead atoms. The van der Waals surface area contributed by atoms with Gasteiger partial charge in [-0.05, 0) is 12.1 Å². The number of hydrogen-bond donors (Lipinski definition) is 1. The highest BCUT2D eigenvalue weighted by atomic mass is 19.3. The van der Waals surface area contributed by atoms with Crippen molar-refractivity contribution < 1.29 is 13.2 Å². The van der Waals surface area contributed by atoms with E-state index in [0.717, 1.165) is 18.2 Å². The fraction of sp³-hybridized carbons (Fsp3) is 0.182. The highest BCUT2D eigenvalue weighted by Gasteiger charge is 2.15. The molecule has 0 unspecified atom stereocenters. The van der Waals surface area contributed by atoms with Crippen LogP contribution in [-0.4, -0.2) is 9.78 Å². The molecule has 2 rings (SSSR count). The monoisotopic (exact) mass is 241 g/mol. The van der Waals surface area contributed by atoms with Crippen LogP contribution in [0.2, 0.25) is 0 Å². The van der Waals surface area contributed by atoms with Crippen LogP contribution in [0.1, 0.15) is 12.0 Å². The molecule has 6 heteroatoms. The molecule has 0 aliphatic carbocycles. The van der Waals surface area contributed by atoms with Gasteiger partial charge >= 0.3 is 0 Å². The zero-order valence-electron chi connectivity index (χ0n) is 8.99. The van der Waals surface area contributed by atoms with Crippen molar-refractivity contribution in [3.63, 3.8) is 0 Å². The van der Waals surface area contributed by atoms with E-state index in [1.807, 2.05) is 0 Å². The van der Waals surface area contributed by atoms with Crippen LogP contribution in [0.3, 0.4) is 0 Å². The normalized spacial score (nSPS) is 11.1. The number of nitrogens with two attached hydrogens (primary N) is 1. The summed E-state index contributed by atoms with van der Waals surface area (Å²) in [6.07, 6.45) is -1.30. The third-order valence-electron chi connectivity index (χ3n) is 2.52. The van der Waals surface area contributed by atoms with E-state index in [-0.39, 0.29) is 16.9 Å². The Kier molecular flexibility index (Phi) is 2.79. The number of aryl methyl sites for hydroxylation is 1. The maximum atomic E-state index is 13.6. The molecule has 0 saturated heterocycles. The SMILES string of the molecule is Cn1ncc(-c2cc(C(F)F)ccc2F)c1N. The smallest absolute Gasteiger partial charge is 0.263 e. The van der Waals surface area contributed by atoms with Crippen LogP contribution in [0.5, 0.6) is 0 Å². The second-order valence-electron chi connectivity index (χ2n) is 3.61. The lowest BCUT2D eigenvalue weighted by molar-refractivity contribution is 0.151. The number of alkyl halides is 2. The van der Waals surface area contributed by atoms with Gasteiger partial charge in [-0.25, -0.2) is 13.2 Å². The van der Waals surface area contributed by atoms with Crippen molar-refractivity contribution >= 4 is 5.82 Å². The van der Waals surface area contributed by atoms with Gasteiger partial charge in [0.1, 0.15) is 11.6 Å². The van der Waals surface area contributed by atoms with Gasteiger partial charge in [0.25, 0.3) is 6.43 Å². The Bertz CT molecular complexity index is 549. The van der Waals surface area contributed by atoms with Crippen molar-refractivity contribution in [3.8, 4) is 11.1 Å². The molecule has 2 N–H and O–H groups in total. The van der Waals surface area contributed by atoms with Crippen molar-refractivity contribution in [1.82, 2.24) is 9.78 Å². The van der Waals surface area contributed by atoms with Crippen LogP contribution in [0.4, 0.5) is 19.0 Å². The molecule has 17 heavy (non-hydrogen) atoms. The van der Waals surface area contributed by atoms with Gasteiger partial charge in [0.2, 0.25) is 0 Å².